The van der Waals surface area contributed by atoms with Gasteiger partial charge in [-0.05, 0) is 18.2 Å². The number of nitrogens with zero attached hydrogens (tertiary/aromatic N) is 4. The Hall–Kier alpha value is -2.56. The Morgan fingerprint density at radius 1 is 1.16 bits per heavy atom. The van der Waals surface area contributed by atoms with Crippen LogP contribution < -0.4 is 15.6 Å². The maximum atomic E-state index is 4.47. The third-order valence-corrected chi connectivity index (χ3v) is 3.41. The van der Waals surface area contributed by atoms with E-state index in [4.69, 9.17) is 0 Å². The van der Waals surface area contributed by atoms with Gasteiger partial charge in [0.1, 0.15) is 12.5 Å². The number of nitrogens with one attached hydrogen (secondary N) is 1. The lowest BCUT2D eigenvalue weighted by atomic mass is 10.2. The van der Waals surface area contributed by atoms with Crippen LogP contribution >= 0.6 is 0 Å². The summed E-state index contributed by atoms with van der Waals surface area (Å²) in [5, 5.41) is 8.11. The van der Waals surface area contributed by atoms with Crippen LogP contribution in [-0.4, -0.2) is 28.3 Å². The van der Waals surface area contributed by atoms with Crippen molar-refractivity contribution in [2.75, 3.05) is 18.1 Å². The second kappa shape index (κ2) is 3.98. The highest BCUT2D eigenvalue weighted by atomic mass is 15.4. The number of hydrogen-bond donors (Lipinski definition) is 1. The molecule has 1 aromatic carbocycles. The number of benzene rings is 1. The fourth-order valence-corrected chi connectivity index (χ4v) is 2.55. The van der Waals surface area contributed by atoms with Crippen LogP contribution in [0.5, 0.6) is 0 Å². The lowest BCUT2D eigenvalue weighted by Gasteiger charge is -2.36. The Kier molecular flexibility index (Phi) is 2.17. The van der Waals surface area contributed by atoms with Crippen LogP contribution in [0.25, 0.3) is 5.82 Å². The summed E-state index contributed by atoms with van der Waals surface area (Å²) in [5.74, 6) is 1.15. The molecule has 0 aliphatic carbocycles. The van der Waals surface area contributed by atoms with E-state index < -0.39 is 0 Å². The van der Waals surface area contributed by atoms with Crippen molar-refractivity contribution < 1.29 is 0 Å². The van der Waals surface area contributed by atoms with Gasteiger partial charge in [0.2, 0.25) is 0 Å². The Labute approximate surface area is 110 Å². The molecule has 0 amide bonds. The number of rotatable bonds is 1. The Bertz CT molecular complexity index is 744. The van der Waals surface area contributed by atoms with E-state index in [1.165, 1.54) is 5.69 Å². The highest BCUT2D eigenvalue weighted by Crippen LogP contribution is 2.24. The van der Waals surface area contributed by atoms with Gasteiger partial charge in [-0.25, -0.2) is 4.99 Å². The van der Waals surface area contributed by atoms with Crippen molar-refractivity contribution >= 4 is 11.5 Å². The van der Waals surface area contributed by atoms with Crippen molar-refractivity contribution in [3.05, 3.63) is 59.5 Å². The van der Waals surface area contributed by atoms with Gasteiger partial charge < -0.3 is 9.80 Å². The number of fused-ring (bicyclic) bond motifs is 2. The van der Waals surface area contributed by atoms with Gasteiger partial charge in [-0.3, -0.25) is 5.10 Å². The van der Waals surface area contributed by atoms with Gasteiger partial charge in [-0.15, -0.1) is 0 Å². The maximum Gasteiger partial charge on any atom is 0.156 e. The summed E-state index contributed by atoms with van der Waals surface area (Å²) >= 11 is 0. The molecule has 0 atom stereocenters. The summed E-state index contributed by atoms with van der Waals surface area (Å²) in [5.41, 5.74) is 2.04. The molecule has 2 aromatic rings. The van der Waals surface area contributed by atoms with Crippen LogP contribution in [0.1, 0.15) is 0 Å². The standard InChI is InChI=1S/C14H13N5/c1-2-5-11(6-3-1)19-8-4-7-18-10-15-13-12(14(18)19)9-16-17-13/h1-7,9H,8,10H2,(H,15,17). The summed E-state index contributed by atoms with van der Waals surface area (Å²) < 4.78 is 0. The minimum Gasteiger partial charge on any atom is -0.323 e. The van der Waals surface area contributed by atoms with Crippen LogP contribution in [0.3, 0.4) is 0 Å². The first kappa shape index (κ1) is 10.4. The van der Waals surface area contributed by atoms with Crippen molar-refractivity contribution in [3.63, 3.8) is 0 Å². The molecule has 0 bridgehead atoms. The number of aromatic nitrogens is 2. The molecule has 0 fully saturated rings. The topological polar surface area (TPSA) is 47.5 Å². The molecule has 5 heteroatoms. The molecular weight excluding hydrogens is 238 g/mol. The molecule has 2 aliphatic heterocycles. The minimum atomic E-state index is 0.629. The van der Waals surface area contributed by atoms with Crippen molar-refractivity contribution in [2.24, 2.45) is 4.99 Å². The maximum absolute atomic E-state index is 4.47. The van der Waals surface area contributed by atoms with Crippen molar-refractivity contribution in [3.8, 4) is 0 Å². The number of anilines is 1. The third kappa shape index (κ3) is 1.55. The third-order valence-electron chi connectivity index (χ3n) is 3.41. The molecule has 1 N–H and O–H groups in total. The number of H-pyrrole nitrogens is 1. The summed E-state index contributed by atoms with van der Waals surface area (Å²) in [6, 6.07) is 10.4. The molecule has 0 radical (unpaired) electrons. The fourth-order valence-electron chi connectivity index (χ4n) is 2.55. The van der Waals surface area contributed by atoms with Crippen LogP contribution in [0.15, 0.2) is 53.8 Å². The molecule has 94 valence electrons. The van der Waals surface area contributed by atoms with Crippen LogP contribution in [0.4, 0.5) is 5.69 Å². The average Bonchev–Trinajstić information content (AvgIpc) is 2.96. The van der Waals surface area contributed by atoms with Crippen molar-refractivity contribution in [1.82, 2.24) is 15.1 Å². The Morgan fingerprint density at radius 3 is 2.95 bits per heavy atom. The molecule has 19 heavy (non-hydrogen) atoms. The molecule has 2 aliphatic rings. The lowest BCUT2D eigenvalue weighted by Crippen LogP contribution is -2.46. The van der Waals surface area contributed by atoms with Crippen LogP contribution in [0.2, 0.25) is 0 Å². The normalized spacial score (nSPS) is 16.9. The zero-order valence-corrected chi connectivity index (χ0v) is 10.3. The van der Waals surface area contributed by atoms with E-state index in [1.807, 2.05) is 12.3 Å². The Balaban J connectivity index is 1.97. The smallest absolute Gasteiger partial charge is 0.156 e. The highest BCUT2D eigenvalue weighted by Gasteiger charge is 2.23. The molecule has 5 nitrogen and oxygen atoms in total. The molecule has 0 saturated heterocycles. The van der Waals surface area contributed by atoms with E-state index >= 15 is 0 Å². The first-order valence-electron chi connectivity index (χ1n) is 6.27. The SMILES string of the molecule is C1=CN2CN=c3[nH]ncc3=C2N(c2ccccc2)C1. The fraction of sp³-hybridized carbons (Fsp3) is 0.143. The van der Waals surface area contributed by atoms with Gasteiger partial charge >= 0.3 is 0 Å². The summed E-state index contributed by atoms with van der Waals surface area (Å²) in [6.45, 7) is 1.49. The number of para-hydroxylation sites is 1. The monoisotopic (exact) mass is 251 g/mol. The van der Waals surface area contributed by atoms with E-state index in [0.29, 0.717) is 6.67 Å². The zero-order chi connectivity index (χ0) is 12.7. The van der Waals surface area contributed by atoms with Crippen molar-refractivity contribution in [1.29, 1.82) is 0 Å². The van der Waals surface area contributed by atoms with Gasteiger partial charge in [0.15, 0.2) is 5.49 Å². The second-order valence-corrected chi connectivity index (χ2v) is 4.56. The van der Waals surface area contributed by atoms with Gasteiger partial charge in [0.25, 0.3) is 0 Å². The van der Waals surface area contributed by atoms with E-state index in [-0.39, 0.29) is 0 Å². The number of hydrogen-bond acceptors (Lipinski definition) is 4. The molecule has 3 heterocycles. The summed E-state index contributed by atoms with van der Waals surface area (Å²) in [4.78, 5) is 8.90. The molecule has 0 spiro atoms. The average molecular weight is 251 g/mol. The first-order chi connectivity index (χ1) is 9.43. The van der Waals surface area contributed by atoms with E-state index in [9.17, 15) is 0 Å². The second-order valence-electron chi connectivity index (χ2n) is 4.56. The lowest BCUT2D eigenvalue weighted by molar-refractivity contribution is 0.495. The number of aromatic amines is 1. The van der Waals surface area contributed by atoms with Gasteiger partial charge in [0, 0.05) is 18.4 Å². The predicted molar refractivity (Wildman–Crippen MR) is 72.4 cm³/mol. The molecule has 0 saturated carbocycles. The van der Waals surface area contributed by atoms with E-state index in [2.05, 4.69) is 61.5 Å². The van der Waals surface area contributed by atoms with E-state index in [1.54, 1.807) is 0 Å². The summed E-state index contributed by atoms with van der Waals surface area (Å²) in [7, 11) is 0. The van der Waals surface area contributed by atoms with Crippen molar-refractivity contribution in [2.45, 2.75) is 0 Å². The molecule has 4 rings (SSSR count). The van der Waals surface area contributed by atoms with Crippen LogP contribution in [0, 0.1) is 0 Å². The predicted octanol–water partition coefficient (Wildman–Crippen LogP) is 0.402. The minimum absolute atomic E-state index is 0.629. The van der Waals surface area contributed by atoms with Gasteiger partial charge in [-0.2, -0.15) is 5.10 Å². The van der Waals surface area contributed by atoms with E-state index in [0.717, 1.165) is 23.1 Å². The largest absolute Gasteiger partial charge is 0.323 e. The van der Waals surface area contributed by atoms with Crippen LogP contribution in [-0.2, 0) is 0 Å². The van der Waals surface area contributed by atoms with Gasteiger partial charge in [0.05, 0.1) is 11.4 Å². The highest BCUT2D eigenvalue weighted by molar-refractivity contribution is 5.69. The zero-order valence-electron chi connectivity index (χ0n) is 10.3. The molecule has 0 unspecified atom stereocenters. The molecular formula is C14H13N5. The first-order valence-corrected chi connectivity index (χ1v) is 6.27. The quantitative estimate of drug-likeness (QED) is 0.798. The Morgan fingerprint density at radius 2 is 2.05 bits per heavy atom. The molecule has 1 aromatic heterocycles. The summed E-state index contributed by atoms with van der Waals surface area (Å²) in [6.07, 6.45) is 6.08. The van der Waals surface area contributed by atoms with Gasteiger partial charge in [-0.1, -0.05) is 18.2 Å².